The first-order chi connectivity index (χ1) is 6.59. The van der Waals surface area contributed by atoms with Crippen molar-refractivity contribution in [3.05, 3.63) is 0 Å². The van der Waals surface area contributed by atoms with Crippen LogP contribution in [-0.4, -0.2) is 43.4 Å². The largest absolute Gasteiger partial charge is 0.370 e. The molecule has 14 heavy (non-hydrogen) atoms. The highest BCUT2D eigenvalue weighted by molar-refractivity contribution is 5.79. The predicted molar refractivity (Wildman–Crippen MR) is 56.0 cm³/mol. The third kappa shape index (κ3) is 4.11. The van der Waals surface area contributed by atoms with Crippen molar-refractivity contribution in [1.82, 2.24) is 10.2 Å². The summed E-state index contributed by atoms with van der Waals surface area (Å²) in [5, 5.41) is 3.06. The van der Waals surface area contributed by atoms with E-state index in [0.717, 1.165) is 0 Å². The third-order valence-corrected chi connectivity index (χ3v) is 2.04. The maximum atomic E-state index is 11.2. The summed E-state index contributed by atoms with van der Waals surface area (Å²) in [6.07, 6.45) is 2.76. The van der Waals surface area contributed by atoms with Crippen molar-refractivity contribution in [3.8, 4) is 0 Å². The summed E-state index contributed by atoms with van der Waals surface area (Å²) in [7, 11) is 3.47. The Morgan fingerprint density at radius 3 is 2.71 bits per heavy atom. The Morgan fingerprint density at radius 1 is 1.57 bits per heavy atom. The van der Waals surface area contributed by atoms with Gasteiger partial charge in [-0.2, -0.15) is 0 Å². The van der Waals surface area contributed by atoms with Gasteiger partial charge in [-0.25, -0.2) is 0 Å². The summed E-state index contributed by atoms with van der Waals surface area (Å²) in [4.78, 5) is 16.8. The maximum Gasteiger partial charge on any atom is 0.223 e. The van der Waals surface area contributed by atoms with Crippen molar-refractivity contribution in [3.63, 3.8) is 0 Å². The predicted octanol–water partition coefficient (Wildman–Crippen LogP) is -0.469. The molecule has 0 aromatic heterocycles. The Morgan fingerprint density at radius 2 is 2.21 bits per heavy atom. The van der Waals surface area contributed by atoms with E-state index in [2.05, 4.69) is 10.3 Å². The van der Waals surface area contributed by atoms with E-state index in [0.29, 0.717) is 25.0 Å². The van der Waals surface area contributed by atoms with Gasteiger partial charge in [0.05, 0.1) is 6.54 Å². The Bertz CT molecular complexity index is 233. The second kappa shape index (κ2) is 4.83. The molecule has 0 spiro atoms. The SMILES string of the molecule is CN(C)C(=O)CCN=C(N)NC1CC1. The van der Waals surface area contributed by atoms with Crippen LogP contribution in [0.25, 0.3) is 0 Å². The fourth-order valence-corrected chi connectivity index (χ4v) is 0.978. The Balaban J connectivity index is 2.14. The van der Waals surface area contributed by atoms with E-state index in [1.54, 1.807) is 19.0 Å². The molecular weight excluding hydrogens is 180 g/mol. The number of nitrogens with zero attached hydrogens (tertiary/aromatic N) is 2. The minimum Gasteiger partial charge on any atom is -0.370 e. The van der Waals surface area contributed by atoms with Crippen molar-refractivity contribution >= 4 is 11.9 Å². The number of carbonyl (C=O) groups excluding carboxylic acids is 1. The molecule has 5 nitrogen and oxygen atoms in total. The molecule has 80 valence electrons. The van der Waals surface area contributed by atoms with Gasteiger partial charge < -0.3 is 16.0 Å². The highest BCUT2D eigenvalue weighted by atomic mass is 16.2. The van der Waals surface area contributed by atoms with Gasteiger partial charge in [0, 0.05) is 26.6 Å². The first-order valence-electron chi connectivity index (χ1n) is 4.86. The molecule has 1 rings (SSSR count). The molecule has 1 aliphatic rings. The van der Waals surface area contributed by atoms with Crippen molar-refractivity contribution in [2.45, 2.75) is 25.3 Å². The first-order valence-corrected chi connectivity index (χ1v) is 4.86. The van der Waals surface area contributed by atoms with Gasteiger partial charge in [0.1, 0.15) is 0 Å². The highest BCUT2D eigenvalue weighted by Crippen LogP contribution is 2.17. The lowest BCUT2D eigenvalue weighted by Gasteiger charge is -2.08. The van der Waals surface area contributed by atoms with Gasteiger partial charge in [-0.15, -0.1) is 0 Å². The van der Waals surface area contributed by atoms with E-state index in [1.807, 2.05) is 0 Å². The molecule has 0 heterocycles. The molecular formula is C9H18N4O. The molecule has 1 saturated carbocycles. The van der Waals surface area contributed by atoms with Crippen LogP contribution in [0.4, 0.5) is 0 Å². The second-order valence-corrected chi connectivity index (χ2v) is 3.72. The lowest BCUT2D eigenvalue weighted by atomic mass is 10.4. The number of amides is 1. The van der Waals surface area contributed by atoms with Gasteiger partial charge in [0.15, 0.2) is 5.96 Å². The van der Waals surface area contributed by atoms with Crippen LogP contribution in [0.15, 0.2) is 4.99 Å². The van der Waals surface area contributed by atoms with E-state index >= 15 is 0 Å². The third-order valence-electron chi connectivity index (χ3n) is 2.04. The van der Waals surface area contributed by atoms with Crippen molar-refractivity contribution in [2.75, 3.05) is 20.6 Å². The first kappa shape index (κ1) is 10.8. The minimum atomic E-state index is 0.0768. The van der Waals surface area contributed by atoms with E-state index in [4.69, 9.17) is 5.73 Å². The second-order valence-electron chi connectivity index (χ2n) is 3.72. The molecule has 0 unspecified atom stereocenters. The van der Waals surface area contributed by atoms with Crippen LogP contribution in [0.1, 0.15) is 19.3 Å². The zero-order chi connectivity index (χ0) is 10.6. The standard InChI is InChI=1S/C9H18N4O/c1-13(2)8(14)5-6-11-9(10)12-7-3-4-7/h7H,3-6H2,1-2H3,(H3,10,11,12). The summed E-state index contributed by atoms with van der Waals surface area (Å²) in [5.41, 5.74) is 5.59. The van der Waals surface area contributed by atoms with Gasteiger partial charge in [0.2, 0.25) is 5.91 Å². The van der Waals surface area contributed by atoms with Crippen LogP contribution in [0.3, 0.4) is 0 Å². The summed E-state index contributed by atoms with van der Waals surface area (Å²) in [6, 6.07) is 0.517. The van der Waals surface area contributed by atoms with Crippen molar-refractivity contribution in [2.24, 2.45) is 10.7 Å². The Hall–Kier alpha value is -1.26. The van der Waals surface area contributed by atoms with Crippen LogP contribution >= 0.6 is 0 Å². The van der Waals surface area contributed by atoms with Gasteiger partial charge in [0.25, 0.3) is 0 Å². The molecule has 3 N–H and O–H groups in total. The van der Waals surface area contributed by atoms with Gasteiger partial charge in [-0.1, -0.05) is 0 Å². The molecule has 0 aromatic rings. The van der Waals surface area contributed by atoms with Crippen molar-refractivity contribution < 1.29 is 4.79 Å². The minimum absolute atomic E-state index is 0.0768. The molecule has 0 saturated heterocycles. The van der Waals surface area contributed by atoms with E-state index in [9.17, 15) is 4.79 Å². The number of hydrogen-bond acceptors (Lipinski definition) is 2. The summed E-state index contributed by atoms with van der Waals surface area (Å²) >= 11 is 0. The zero-order valence-electron chi connectivity index (χ0n) is 8.79. The van der Waals surface area contributed by atoms with Crippen LogP contribution in [0.5, 0.6) is 0 Å². The molecule has 0 aliphatic heterocycles. The molecule has 5 heteroatoms. The quantitative estimate of drug-likeness (QED) is 0.474. The number of hydrogen-bond donors (Lipinski definition) is 2. The van der Waals surface area contributed by atoms with Crippen LogP contribution < -0.4 is 11.1 Å². The lowest BCUT2D eigenvalue weighted by molar-refractivity contribution is -0.128. The lowest BCUT2D eigenvalue weighted by Crippen LogP contribution is -2.33. The fourth-order valence-electron chi connectivity index (χ4n) is 0.978. The monoisotopic (exact) mass is 198 g/mol. The molecule has 0 aromatic carbocycles. The summed E-state index contributed by atoms with van der Waals surface area (Å²) in [5.74, 6) is 0.534. The Kier molecular flexibility index (Phi) is 3.73. The van der Waals surface area contributed by atoms with Crippen molar-refractivity contribution in [1.29, 1.82) is 0 Å². The molecule has 0 atom stereocenters. The molecule has 0 bridgehead atoms. The molecule has 1 amide bonds. The summed E-state index contributed by atoms with van der Waals surface area (Å²) in [6.45, 7) is 0.461. The average molecular weight is 198 g/mol. The van der Waals surface area contributed by atoms with Gasteiger partial charge in [-0.05, 0) is 12.8 Å². The highest BCUT2D eigenvalue weighted by Gasteiger charge is 2.21. The normalized spacial score (nSPS) is 16.6. The summed E-state index contributed by atoms with van der Waals surface area (Å²) < 4.78 is 0. The number of rotatable bonds is 4. The smallest absolute Gasteiger partial charge is 0.223 e. The van der Waals surface area contributed by atoms with E-state index in [1.165, 1.54) is 12.8 Å². The average Bonchev–Trinajstić information content (AvgIpc) is 2.87. The van der Waals surface area contributed by atoms with Crippen LogP contribution in [0.2, 0.25) is 0 Å². The number of guanidine groups is 1. The fraction of sp³-hybridized carbons (Fsp3) is 0.778. The molecule has 1 aliphatic carbocycles. The molecule has 0 radical (unpaired) electrons. The van der Waals surface area contributed by atoms with E-state index < -0.39 is 0 Å². The topological polar surface area (TPSA) is 70.7 Å². The zero-order valence-corrected chi connectivity index (χ0v) is 8.79. The number of nitrogens with one attached hydrogen (secondary N) is 1. The number of nitrogens with two attached hydrogens (primary N) is 1. The van der Waals surface area contributed by atoms with Gasteiger partial charge in [-0.3, -0.25) is 9.79 Å². The van der Waals surface area contributed by atoms with Gasteiger partial charge >= 0.3 is 0 Å². The Labute approximate surface area is 84.4 Å². The molecule has 1 fully saturated rings. The number of aliphatic imine (C=N–C) groups is 1. The van der Waals surface area contributed by atoms with Crippen LogP contribution in [-0.2, 0) is 4.79 Å². The maximum absolute atomic E-state index is 11.2. The number of carbonyl (C=O) groups is 1. The van der Waals surface area contributed by atoms with E-state index in [-0.39, 0.29) is 5.91 Å². The van der Waals surface area contributed by atoms with Crippen LogP contribution in [0, 0.1) is 0 Å².